The van der Waals surface area contributed by atoms with Crippen molar-refractivity contribution in [3.63, 3.8) is 0 Å². The second kappa shape index (κ2) is 7.21. The van der Waals surface area contributed by atoms with Crippen molar-refractivity contribution in [2.24, 2.45) is 0 Å². The van der Waals surface area contributed by atoms with E-state index in [1.165, 1.54) is 23.6 Å². The maximum absolute atomic E-state index is 13.7. The molecule has 142 valence electrons. The average molecular weight is 395 g/mol. The molecule has 1 aliphatic rings. The maximum Gasteiger partial charge on any atom is 0.261 e. The second-order valence-corrected chi connectivity index (χ2v) is 7.91. The van der Waals surface area contributed by atoms with Crippen molar-refractivity contribution in [2.75, 3.05) is 5.32 Å². The zero-order valence-corrected chi connectivity index (χ0v) is 16.2. The van der Waals surface area contributed by atoms with Gasteiger partial charge in [0.1, 0.15) is 22.5 Å². The average Bonchev–Trinajstić information content (AvgIpc) is 3.05. The topological polar surface area (TPSA) is 74.9 Å². The molecule has 0 bridgehead atoms. The third-order valence-corrected chi connectivity index (χ3v) is 6.34. The number of carbonyl (C=O) groups is 1. The molecule has 0 saturated heterocycles. The van der Waals surface area contributed by atoms with Gasteiger partial charge in [-0.05, 0) is 56.4 Å². The van der Waals surface area contributed by atoms with Gasteiger partial charge in [-0.1, -0.05) is 0 Å². The standard InChI is InChI=1S/C21H18FN3O2S/c1-2-25-11-16(19(26)14-9-12(22)7-8-17(14)25)20(27)24-21-15(10-23)13-5-3-4-6-18(13)28-21/h7-9,11H,2-6H2,1H3,(H,24,27). The van der Waals surface area contributed by atoms with Crippen molar-refractivity contribution in [2.45, 2.75) is 39.2 Å². The van der Waals surface area contributed by atoms with Crippen LogP contribution >= 0.6 is 11.3 Å². The molecule has 0 fully saturated rings. The van der Waals surface area contributed by atoms with E-state index >= 15 is 0 Å². The van der Waals surface area contributed by atoms with Gasteiger partial charge in [0.05, 0.1) is 11.1 Å². The van der Waals surface area contributed by atoms with Crippen molar-refractivity contribution in [3.05, 3.63) is 62.0 Å². The summed E-state index contributed by atoms with van der Waals surface area (Å²) in [5.41, 5.74) is 1.51. The fourth-order valence-electron chi connectivity index (χ4n) is 3.74. The van der Waals surface area contributed by atoms with Crippen LogP contribution in [0.2, 0.25) is 0 Å². The Bertz CT molecular complexity index is 1200. The van der Waals surface area contributed by atoms with E-state index in [-0.39, 0.29) is 10.9 Å². The van der Waals surface area contributed by atoms with E-state index in [1.807, 2.05) is 6.92 Å². The zero-order valence-electron chi connectivity index (χ0n) is 15.3. The van der Waals surface area contributed by atoms with Crippen LogP contribution in [-0.2, 0) is 19.4 Å². The second-order valence-electron chi connectivity index (χ2n) is 6.80. The van der Waals surface area contributed by atoms with E-state index in [4.69, 9.17) is 0 Å². The fraction of sp³-hybridized carbons (Fsp3) is 0.286. The Labute approximate surface area is 165 Å². The van der Waals surface area contributed by atoms with E-state index in [1.54, 1.807) is 10.6 Å². The highest BCUT2D eigenvalue weighted by Crippen LogP contribution is 2.37. The molecule has 2 heterocycles. The molecule has 3 aromatic rings. The molecule has 28 heavy (non-hydrogen) atoms. The van der Waals surface area contributed by atoms with Crippen LogP contribution in [0.4, 0.5) is 9.39 Å². The van der Waals surface area contributed by atoms with Gasteiger partial charge >= 0.3 is 0 Å². The monoisotopic (exact) mass is 395 g/mol. The highest BCUT2D eigenvalue weighted by Gasteiger charge is 2.23. The molecule has 0 aliphatic heterocycles. The van der Waals surface area contributed by atoms with E-state index in [2.05, 4.69) is 11.4 Å². The van der Waals surface area contributed by atoms with Crippen LogP contribution in [0, 0.1) is 17.1 Å². The number of pyridine rings is 1. The number of thiophene rings is 1. The summed E-state index contributed by atoms with van der Waals surface area (Å²) in [6.45, 7) is 2.41. The van der Waals surface area contributed by atoms with Gasteiger partial charge in [-0.2, -0.15) is 5.26 Å². The summed E-state index contributed by atoms with van der Waals surface area (Å²) in [5, 5.41) is 13.0. The van der Waals surface area contributed by atoms with Gasteiger partial charge in [0.15, 0.2) is 0 Å². The number of nitrogens with one attached hydrogen (secondary N) is 1. The highest BCUT2D eigenvalue weighted by molar-refractivity contribution is 7.16. The number of carbonyl (C=O) groups excluding carboxylic acids is 1. The quantitative estimate of drug-likeness (QED) is 0.721. The molecule has 0 radical (unpaired) electrons. The molecule has 0 spiro atoms. The Kier molecular flexibility index (Phi) is 4.73. The molecule has 0 unspecified atom stereocenters. The van der Waals surface area contributed by atoms with Gasteiger partial charge in [-0.15, -0.1) is 11.3 Å². The lowest BCUT2D eigenvalue weighted by Gasteiger charge is -2.11. The Balaban J connectivity index is 1.78. The van der Waals surface area contributed by atoms with E-state index in [0.29, 0.717) is 22.6 Å². The van der Waals surface area contributed by atoms with Gasteiger partial charge in [0.25, 0.3) is 5.91 Å². The number of hydrogen-bond donors (Lipinski definition) is 1. The number of hydrogen-bond acceptors (Lipinski definition) is 4. The van der Waals surface area contributed by atoms with Crippen LogP contribution in [0.5, 0.6) is 0 Å². The number of halogens is 1. The van der Waals surface area contributed by atoms with Crippen molar-refractivity contribution in [1.29, 1.82) is 5.26 Å². The Morgan fingerprint density at radius 2 is 2.14 bits per heavy atom. The fourth-order valence-corrected chi connectivity index (χ4v) is 4.97. The third kappa shape index (κ3) is 3.00. The first kappa shape index (κ1) is 18.4. The van der Waals surface area contributed by atoms with Crippen LogP contribution in [-0.4, -0.2) is 10.5 Å². The van der Waals surface area contributed by atoms with E-state index < -0.39 is 17.2 Å². The number of nitriles is 1. The van der Waals surface area contributed by atoms with Crippen LogP contribution in [0.25, 0.3) is 10.9 Å². The molecule has 0 atom stereocenters. The minimum Gasteiger partial charge on any atom is -0.347 e. The largest absolute Gasteiger partial charge is 0.347 e. The molecule has 7 heteroatoms. The summed E-state index contributed by atoms with van der Waals surface area (Å²) in [5.74, 6) is -1.10. The highest BCUT2D eigenvalue weighted by atomic mass is 32.1. The summed E-state index contributed by atoms with van der Waals surface area (Å²) in [7, 11) is 0. The lowest BCUT2D eigenvalue weighted by molar-refractivity contribution is 0.102. The number of anilines is 1. The summed E-state index contributed by atoms with van der Waals surface area (Å²) in [6, 6.07) is 6.19. The van der Waals surface area contributed by atoms with Crippen LogP contribution in [0.1, 0.15) is 46.1 Å². The van der Waals surface area contributed by atoms with Gasteiger partial charge in [0.2, 0.25) is 5.43 Å². The SMILES string of the molecule is CCn1cc(C(=O)Nc2sc3c(c2C#N)CCCC3)c(=O)c2cc(F)ccc21. The molecule has 0 saturated carbocycles. The number of rotatable bonds is 3. The zero-order chi connectivity index (χ0) is 19.8. The normalized spacial score (nSPS) is 13.2. The van der Waals surface area contributed by atoms with E-state index in [0.717, 1.165) is 42.2 Å². The number of benzene rings is 1. The van der Waals surface area contributed by atoms with Crippen molar-refractivity contribution < 1.29 is 9.18 Å². The molecule has 1 aliphatic carbocycles. The predicted molar refractivity (Wildman–Crippen MR) is 107 cm³/mol. The number of fused-ring (bicyclic) bond motifs is 2. The summed E-state index contributed by atoms with van der Waals surface area (Å²) >= 11 is 1.41. The molecule has 5 nitrogen and oxygen atoms in total. The molecular weight excluding hydrogens is 377 g/mol. The van der Waals surface area contributed by atoms with Crippen molar-refractivity contribution in [3.8, 4) is 6.07 Å². The number of aromatic nitrogens is 1. The lowest BCUT2D eigenvalue weighted by atomic mass is 9.96. The summed E-state index contributed by atoms with van der Waals surface area (Å²) in [6.07, 6.45) is 5.34. The predicted octanol–water partition coefficient (Wildman–Crippen LogP) is 4.22. The molecule has 2 aromatic heterocycles. The molecule has 1 N–H and O–H groups in total. The first-order valence-electron chi connectivity index (χ1n) is 9.22. The van der Waals surface area contributed by atoms with Crippen LogP contribution in [0.3, 0.4) is 0 Å². The maximum atomic E-state index is 13.7. The van der Waals surface area contributed by atoms with Gasteiger partial charge in [0, 0.05) is 23.0 Å². The molecule has 1 aromatic carbocycles. The Morgan fingerprint density at radius 1 is 1.36 bits per heavy atom. The van der Waals surface area contributed by atoms with Crippen molar-refractivity contribution in [1.82, 2.24) is 4.57 Å². The number of aryl methyl sites for hydroxylation is 2. The third-order valence-electron chi connectivity index (χ3n) is 5.14. The first-order valence-corrected chi connectivity index (χ1v) is 10.0. The molecule has 4 rings (SSSR count). The first-order chi connectivity index (χ1) is 13.5. The number of nitrogens with zero attached hydrogens (tertiary/aromatic N) is 2. The van der Waals surface area contributed by atoms with Gasteiger partial charge in [-0.3, -0.25) is 9.59 Å². The van der Waals surface area contributed by atoms with Crippen LogP contribution in [0.15, 0.2) is 29.2 Å². The Morgan fingerprint density at radius 3 is 2.89 bits per heavy atom. The number of amides is 1. The molecular formula is C21H18FN3O2S. The minimum absolute atomic E-state index is 0.0600. The summed E-state index contributed by atoms with van der Waals surface area (Å²) in [4.78, 5) is 26.8. The molecule has 1 amide bonds. The minimum atomic E-state index is -0.576. The summed E-state index contributed by atoms with van der Waals surface area (Å²) < 4.78 is 15.4. The van der Waals surface area contributed by atoms with Crippen LogP contribution < -0.4 is 10.7 Å². The lowest BCUT2D eigenvalue weighted by Crippen LogP contribution is -2.24. The smallest absolute Gasteiger partial charge is 0.261 e. The Hall–Kier alpha value is -2.98. The van der Waals surface area contributed by atoms with Gasteiger partial charge < -0.3 is 9.88 Å². The van der Waals surface area contributed by atoms with Crippen molar-refractivity contribution >= 4 is 33.1 Å². The van der Waals surface area contributed by atoms with E-state index in [9.17, 15) is 19.2 Å². The van der Waals surface area contributed by atoms with Gasteiger partial charge in [-0.25, -0.2) is 4.39 Å².